The second-order valence-electron chi connectivity index (χ2n) is 4.53. The van der Waals surface area contributed by atoms with Crippen molar-refractivity contribution in [3.63, 3.8) is 0 Å². The van der Waals surface area contributed by atoms with Crippen LogP contribution in [0.4, 0.5) is 5.69 Å². The molecule has 2 rings (SSSR count). The molecule has 1 amide bonds. The fraction of sp³-hybridized carbons (Fsp3) is 0.417. The molecule has 2 N–H and O–H groups in total. The van der Waals surface area contributed by atoms with Crippen LogP contribution in [0.15, 0.2) is 18.2 Å². The monoisotopic (exact) mass is 285 g/mol. The van der Waals surface area contributed by atoms with E-state index >= 15 is 0 Å². The highest BCUT2D eigenvalue weighted by molar-refractivity contribution is 5.98. The first-order chi connectivity index (χ1) is 8.50. The summed E-state index contributed by atoms with van der Waals surface area (Å²) in [5.74, 6) is -0.307. The number of nitro groups is 1. The van der Waals surface area contributed by atoms with Crippen LogP contribution in [0.3, 0.4) is 0 Å². The minimum absolute atomic E-state index is 0. The number of para-hydroxylation sites is 1. The van der Waals surface area contributed by atoms with Gasteiger partial charge in [-0.2, -0.15) is 0 Å². The third-order valence-corrected chi connectivity index (χ3v) is 3.16. The van der Waals surface area contributed by atoms with Crippen molar-refractivity contribution in [1.82, 2.24) is 4.90 Å². The van der Waals surface area contributed by atoms with Gasteiger partial charge in [0.15, 0.2) is 0 Å². The number of amides is 1. The summed E-state index contributed by atoms with van der Waals surface area (Å²) in [5.41, 5.74) is 6.27. The second kappa shape index (κ2) is 5.99. The maximum Gasteiger partial charge on any atom is 0.285 e. The Morgan fingerprint density at radius 3 is 2.74 bits per heavy atom. The summed E-state index contributed by atoms with van der Waals surface area (Å²) in [6, 6.07) is 4.76. The van der Waals surface area contributed by atoms with E-state index in [4.69, 9.17) is 5.73 Å². The number of hydrogen-bond acceptors (Lipinski definition) is 4. The van der Waals surface area contributed by atoms with Gasteiger partial charge >= 0.3 is 0 Å². The average molecular weight is 286 g/mol. The van der Waals surface area contributed by atoms with E-state index in [2.05, 4.69) is 0 Å². The Morgan fingerprint density at radius 2 is 2.21 bits per heavy atom. The Bertz CT molecular complexity index is 507. The topological polar surface area (TPSA) is 89.5 Å². The van der Waals surface area contributed by atoms with Crippen molar-refractivity contribution in [3.8, 4) is 0 Å². The van der Waals surface area contributed by atoms with Gasteiger partial charge in [0.1, 0.15) is 5.56 Å². The molecule has 1 heterocycles. The number of hydrogen-bond donors (Lipinski definition) is 1. The smallest absolute Gasteiger partial charge is 0.285 e. The number of carbonyl (C=O) groups excluding carboxylic acids is 1. The molecular formula is C12H16ClN3O3. The largest absolute Gasteiger partial charge is 0.337 e. The number of aryl methyl sites for hydroxylation is 1. The van der Waals surface area contributed by atoms with Crippen molar-refractivity contribution in [1.29, 1.82) is 0 Å². The SMILES string of the molecule is Cc1cccc(C(=O)N2CC[C@@H](N)C2)c1[N+](=O)[O-].Cl. The molecule has 0 spiro atoms. The van der Waals surface area contributed by atoms with E-state index in [9.17, 15) is 14.9 Å². The Balaban J connectivity index is 0.00000180. The summed E-state index contributed by atoms with van der Waals surface area (Å²) < 4.78 is 0. The molecule has 6 nitrogen and oxygen atoms in total. The molecule has 104 valence electrons. The summed E-state index contributed by atoms with van der Waals surface area (Å²) in [5, 5.41) is 11.0. The van der Waals surface area contributed by atoms with Gasteiger partial charge in [-0.05, 0) is 19.4 Å². The highest BCUT2D eigenvalue weighted by atomic mass is 35.5. The molecule has 0 saturated carbocycles. The van der Waals surface area contributed by atoms with E-state index < -0.39 is 4.92 Å². The normalized spacial score (nSPS) is 18.0. The maximum absolute atomic E-state index is 12.2. The maximum atomic E-state index is 12.2. The van der Waals surface area contributed by atoms with E-state index in [-0.39, 0.29) is 35.6 Å². The minimum atomic E-state index is -0.501. The molecule has 0 radical (unpaired) electrons. The molecule has 0 unspecified atom stereocenters. The standard InChI is InChI=1S/C12H15N3O3.ClH/c1-8-3-2-4-10(11(8)15(17)18)12(16)14-6-5-9(13)7-14;/h2-4,9H,5-7,13H2,1H3;1H/t9-;/m1./s1. The zero-order valence-electron chi connectivity index (χ0n) is 10.5. The van der Waals surface area contributed by atoms with Crippen molar-refractivity contribution >= 4 is 24.0 Å². The minimum Gasteiger partial charge on any atom is -0.337 e. The van der Waals surface area contributed by atoms with Gasteiger partial charge in [-0.15, -0.1) is 12.4 Å². The molecule has 19 heavy (non-hydrogen) atoms. The van der Waals surface area contributed by atoms with E-state index in [1.54, 1.807) is 24.0 Å². The van der Waals surface area contributed by atoms with Crippen LogP contribution in [0.25, 0.3) is 0 Å². The number of halogens is 1. The van der Waals surface area contributed by atoms with Crippen molar-refractivity contribution in [3.05, 3.63) is 39.4 Å². The predicted molar refractivity (Wildman–Crippen MR) is 73.6 cm³/mol. The van der Waals surface area contributed by atoms with Crippen LogP contribution in [0.1, 0.15) is 22.3 Å². The van der Waals surface area contributed by atoms with E-state index in [1.807, 2.05) is 0 Å². The third kappa shape index (κ3) is 3.02. The molecule has 1 atom stereocenters. The van der Waals surface area contributed by atoms with Gasteiger partial charge in [-0.1, -0.05) is 12.1 Å². The van der Waals surface area contributed by atoms with Gasteiger partial charge in [0.05, 0.1) is 4.92 Å². The first-order valence-corrected chi connectivity index (χ1v) is 5.79. The lowest BCUT2D eigenvalue weighted by Crippen LogP contribution is -2.32. The van der Waals surface area contributed by atoms with Crippen molar-refractivity contribution in [2.24, 2.45) is 5.73 Å². The van der Waals surface area contributed by atoms with E-state index in [0.717, 1.165) is 6.42 Å². The molecule has 0 aromatic heterocycles. The lowest BCUT2D eigenvalue weighted by atomic mass is 10.1. The zero-order chi connectivity index (χ0) is 13.3. The van der Waals surface area contributed by atoms with Crippen LogP contribution in [-0.2, 0) is 0 Å². The van der Waals surface area contributed by atoms with Crippen molar-refractivity contribution in [2.45, 2.75) is 19.4 Å². The highest BCUT2D eigenvalue weighted by Crippen LogP contribution is 2.25. The van der Waals surface area contributed by atoms with Crippen LogP contribution in [0.2, 0.25) is 0 Å². The predicted octanol–water partition coefficient (Wildman–Crippen LogP) is 1.50. The zero-order valence-corrected chi connectivity index (χ0v) is 11.4. The molecule has 1 aliphatic heterocycles. The van der Waals surface area contributed by atoms with Gasteiger partial charge in [0, 0.05) is 24.7 Å². The lowest BCUT2D eigenvalue weighted by Gasteiger charge is -2.16. The molecule has 1 saturated heterocycles. The number of nitro benzene ring substituents is 1. The summed E-state index contributed by atoms with van der Waals surface area (Å²) in [7, 11) is 0. The van der Waals surface area contributed by atoms with E-state index in [0.29, 0.717) is 18.7 Å². The number of carbonyl (C=O) groups is 1. The average Bonchev–Trinajstić information content (AvgIpc) is 2.74. The second-order valence-corrected chi connectivity index (χ2v) is 4.53. The Morgan fingerprint density at radius 1 is 1.53 bits per heavy atom. The van der Waals surface area contributed by atoms with Crippen molar-refractivity contribution in [2.75, 3.05) is 13.1 Å². The Hall–Kier alpha value is -1.66. The van der Waals surface area contributed by atoms with Crippen LogP contribution in [0, 0.1) is 17.0 Å². The van der Waals surface area contributed by atoms with Gasteiger partial charge in [-0.3, -0.25) is 14.9 Å². The van der Waals surface area contributed by atoms with Gasteiger partial charge in [-0.25, -0.2) is 0 Å². The number of nitrogens with zero attached hydrogens (tertiary/aromatic N) is 2. The van der Waals surface area contributed by atoms with Crippen molar-refractivity contribution < 1.29 is 9.72 Å². The molecule has 1 aromatic carbocycles. The fourth-order valence-corrected chi connectivity index (χ4v) is 2.22. The van der Waals surface area contributed by atoms with Gasteiger partial charge in [0.2, 0.25) is 0 Å². The van der Waals surface area contributed by atoms with Gasteiger partial charge in [0.25, 0.3) is 11.6 Å². The summed E-state index contributed by atoms with van der Waals surface area (Å²) in [6.45, 7) is 2.65. The molecule has 7 heteroatoms. The van der Waals surface area contributed by atoms with E-state index in [1.165, 1.54) is 6.07 Å². The fourth-order valence-electron chi connectivity index (χ4n) is 2.22. The summed E-state index contributed by atoms with van der Waals surface area (Å²) in [4.78, 5) is 24.3. The summed E-state index contributed by atoms with van der Waals surface area (Å²) >= 11 is 0. The Labute approximate surface area is 117 Å². The molecule has 1 aliphatic rings. The Kier molecular flexibility index (Phi) is 4.85. The summed E-state index contributed by atoms with van der Waals surface area (Å²) in [6.07, 6.45) is 0.741. The van der Waals surface area contributed by atoms with Crippen LogP contribution >= 0.6 is 12.4 Å². The molecule has 0 bridgehead atoms. The molecule has 1 aromatic rings. The van der Waals surface area contributed by atoms with Gasteiger partial charge < -0.3 is 10.6 Å². The first kappa shape index (κ1) is 15.4. The highest BCUT2D eigenvalue weighted by Gasteiger charge is 2.29. The number of likely N-dealkylation sites (tertiary alicyclic amines) is 1. The molecule has 1 fully saturated rings. The lowest BCUT2D eigenvalue weighted by molar-refractivity contribution is -0.385. The number of rotatable bonds is 2. The third-order valence-electron chi connectivity index (χ3n) is 3.16. The van der Waals surface area contributed by atoms with Crippen LogP contribution in [-0.4, -0.2) is 34.9 Å². The molecule has 0 aliphatic carbocycles. The first-order valence-electron chi connectivity index (χ1n) is 5.79. The quantitative estimate of drug-likeness (QED) is 0.658. The number of benzene rings is 1. The molecular weight excluding hydrogens is 270 g/mol. The van der Waals surface area contributed by atoms with Crippen LogP contribution in [0.5, 0.6) is 0 Å². The van der Waals surface area contributed by atoms with Crippen LogP contribution < -0.4 is 5.73 Å². The number of nitrogens with two attached hydrogens (primary N) is 1.